The Hall–Kier alpha value is -1.36. The van der Waals surface area contributed by atoms with Gasteiger partial charge in [-0.2, -0.15) is 0 Å². The van der Waals surface area contributed by atoms with Crippen molar-refractivity contribution in [2.24, 2.45) is 0 Å². The summed E-state index contributed by atoms with van der Waals surface area (Å²) in [5.74, 6) is 0. The van der Waals surface area contributed by atoms with Crippen molar-refractivity contribution >= 4 is 6.47 Å². The molecule has 16 heavy (non-hydrogen) atoms. The fourth-order valence-electron chi connectivity index (χ4n) is 1.08. The molecule has 3 heteroatoms. The maximum Gasteiger partial charge on any atom is 0.357 e. The Bertz CT molecular complexity index is 363. The molecule has 0 amide bonds. The number of halogens is 1. The molecule has 2 rings (SSSR count). The van der Waals surface area contributed by atoms with Gasteiger partial charge >= 0.3 is 21.2 Å². The van der Waals surface area contributed by atoms with Gasteiger partial charge in [0.05, 0.1) is 0 Å². The van der Waals surface area contributed by atoms with Gasteiger partial charge in [-0.15, -0.1) is 0 Å². The van der Waals surface area contributed by atoms with Crippen LogP contribution in [-0.4, -0.2) is 6.47 Å². The Morgan fingerprint density at radius 1 is 0.812 bits per heavy atom. The smallest absolute Gasteiger partial charge is 0.357 e. The van der Waals surface area contributed by atoms with E-state index in [9.17, 15) is 0 Å². The first-order valence-electron chi connectivity index (χ1n) is 4.67. The summed E-state index contributed by atoms with van der Waals surface area (Å²) in [5, 5.41) is 8.25. The third-order valence-corrected chi connectivity index (χ3v) is 4.37. The fourth-order valence-corrected chi connectivity index (χ4v) is 3.35. The summed E-state index contributed by atoms with van der Waals surface area (Å²) < 4.78 is 2.96. The summed E-state index contributed by atoms with van der Waals surface area (Å²) in [7, 11) is 0. The molecule has 0 saturated carbocycles. The number of carboxylic acid groups (broad SMARTS) is 1. The van der Waals surface area contributed by atoms with Gasteiger partial charge < -0.3 is 9.90 Å². The second-order valence-electron chi connectivity index (χ2n) is 2.78. The Balaban J connectivity index is 0.000000386. The lowest BCUT2D eigenvalue weighted by Gasteiger charge is -1.84. The minimum Gasteiger partial charge on any atom is -0.554 e. The van der Waals surface area contributed by atoms with Crippen LogP contribution in [0.3, 0.4) is 0 Å². The molecule has 0 heterocycles. The Morgan fingerprint density at radius 2 is 1.12 bits per heavy atom. The molecule has 0 aliphatic heterocycles. The predicted molar refractivity (Wildman–Crippen MR) is 56.3 cm³/mol. The summed E-state index contributed by atoms with van der Waals surface area (Å²) in [6, 6.07) is 21.4. The lowest BCUT2D eigenvalue weighted by atomic mass is 10.4. The van der Waals surface area contributed by atoms with Gasteiger partial charge in [0.2, 0.25) is 0 Å². The largest absolute Gasteiger partial charge is 0.554 e. The van der Waals surface area contributed by atoms with Crippen LogP contribution in [0.4, 0.5) is 0 Å². The van der Waals surface area contributed by atoms with Gasteiger partial charge in [0.1, 0.15) is 0 Å². The van der Waals surface area contributed by atoms with E-state index < -0.39 is 6.47 Å². The van der Waals surface area contributed by atoms with Gasteiger partial charge in [-0.1, -0.05) is 36.4 Å². The number of carbonyl (C=O) groups is 1. The average molecular weight is 326 g/mol. The quantitative estimate of drug-likeness (QED) is 0.482. The maximum absolute atomic E-state index is 8.25. The van der Waals surface area contributed by atoms with Crippen molar-refractivity contribution in [3.8, 4) is 0 Å². The van der Waals surface area contributed by atoms with Gasteiger partial charge in [-0.3, -0.25) is 0 Å². The van der Waals surface area contributed by atoms with E-state index in [4.69, 9.17) is 9.90 Å². The molecule has 82 valence electrons. The second-order valence-corrected chi connectivity index (χ2v) is 5.81. The number of rotatable bonds is 2. The van der Waals surface area contributed by atoms with E-state index in [0.717, 1.165) is 0 Å². The molecule has 0 spiro atoms. The zero-order valence-electron chi connectivity index (χ0n) is 8.55. The van der Waals surface area contributed by atoms with Crippen molar-refractivity contribution in [2.45, 2.75) is 0 Å². The molecule has 2 aromatic rings. The highest BCUT2D eigenvalue weighted by Gasteiger charge is 2.12. The number of hydrogen-bond donors (Lipinski definition) is 0. The zero-order chi connectivity index (χ0) is 11.6. The lowest BCUT2D eigenvalue weighted by Crippen LogP contribution is -3.61. The molecule has 0 fully saturated rings. The van der Waals surface area contributed by atoms with Gasteiger partial charge in [0.25, 0.3) is 0 Å². The van der Waals surface area contributed by atoms with Crippen LogP contribution in [-0.2, 0) is 4.79 Å². The van der Waals surface area contributed by atoms with E-state index in [1.807, 2.05) is 0 Å². The van der Waals surface area contributed by atoms with Gasteiger partial charge in [-0.05, 0) is 24.3 Å². The lowest BCUT2D eigenvalue weighted by molar-refractivity contribution is -0.597. The maximum atomic E-state index is 8.25. The van der Waals surface area contributed by atoms with Gasteiger partial charge in [0.15, 0.2) is 7.14 Å². The number of carbonyl (C=O) groups excluding carboxylic acids is 1. The van der Waals surface area contributed by atoms with Crippen molar-refractivity contribution in [2.75, 3.05) is 0 Å². The summed E-state index contributed by atoms with van der Waals surface area (Å²) in [4.78, 5) is 8.25. The van der Waals surface area contributed by atoms with Crippen LogP contribution < -0.4 is 26.3 Å². The van der Waals surface area contributed by atoms with Crippen LogP contribution in [0, 0.1) is 7.14 Å². The summed E-state index contributed by atoms with van der Waals surface area (Å²) in [5.41, 5.74) is 0. The molecule has 0 bridgehead atoms. The minimum atomic E-state index is -0.500. The highest BCUT2D eigenvalue weighted by atomic mass is 127. The molecule has 2 aromatic carbocycles. The van der Waals surface area contributed by atoms with E-state index in [0.29, 0.717) is 0 Å². The third kappa shape index (κ3) is 4.93. The van der Waals surface area contributed by atoms with Crippen LogP contribution in [0.1, 0.15) is 0 Å². The van der Waals surface area contributed by atoms with Crippen molar-refractivity contribution in [3.05, 3.63) is 67.8 Å². The van der Waals surface area contributed by atoms with Crippen molar-refractivity contribution in [1.82, 2.24) is 0 Å². The van der Waals surface area contributed by atoms with Gasteiger partial charge in [-0.25, -0.2) is 0 Å². The number of benzene rings is 2. The summed E-state index contributed by atoms with van der Waals surface area (Å²) in [6.45, 7) is -0.500. The topological polar surface area (TPSA) is 40.1 Å². The molecule has 0 saturated heterocycles. The van der Waals surface area contributed by atoms with E-state index in [2.05, 4.69) is 60.7 Å². The van der Waals surface area contributed by atoms with Crippen molar-refractivity contribution in [3.63, 3.8) is 0 Å². The first-order chi connectivity index (χ1) is 7.86. The Morgan fingerprint density at radius 3 is 1.44 bits per heavy atom. The molecule has 0 N–H and O–H groups in total. The average Bonchev–Trinajstić information content (AvgIpc) is 2.33. The molecule has 0 radical (unpaired) electrons. The molecule has 2 nitrogen and oxygen atoms in total. The Labute approximate surface area is 105 Å². The van der Waals surface area contributed by atoms with E-state index in [1.54, 1.807) is 0 Å². The van der Waals surface area contributed by atoms with E-state index in [-0.39, 0.29) is 21.2 Å². The Kier molecular flexibility index (Phi) is 6.25. The normalized spacial score (nSPS) is 8.75. The molecular formula is C13H11IO2. The van der Waals surface area contributed by atoms with Crippen LogP contribution in [0.5, 0.6) is 0 Å². The molecule has 0 atom stereocenters. The van der Waals surface area contributed by atoms with Crippen LogP contribution >= 0.6 is 0 Å². The fraction of sp³-hybridized carbons (Fsp3) is 0. The summed E-state index contributed by atoms with van der Waals surface area (Å²) >= 11 is 0.0287. The zero-order valence-corrected chi connectivity index (χ0v) is 10.7. The van der Waals surface area contributed by atoms with Crippen LogP contribution in [0.2, 0.25) is 0 Å². The third-order valence-electron chi connectivity index (χ3n) is 1.68. The van der Waals surface area contributed by atoms with Crippen molar-refractivity contribution < 1.29 is 31.1 Å². The standard InChI is InChI=1S/C12H10I.CH2O2/c1-3-7-11(8-4-1)13-12-9-5-2-6-10-12;2-1-3/h1-10H;1H,(H,2,3)/q+1;/p-1. The minimum absolute atomic E-state index is 0.0287. The molecule has 0 unspecified atom stereocenters. The van der Waals surface area contributed by atoms with Crippen molar-refractivity contribution in [1.29, 1.82) is 0 Å². The van der Waals surface area contributed by atoms with Crippen LogP contribution in [0.25, 0.3) is 0 Å². The van der Waals surface area contributed by atoms with Gasteiger partial charge in [0, 0.05) is 6.47 Å². The highest BCUT2D eigenvalue weighted by molar-refractivity contribution is 5.29. The molecule has 0 aliphatic rings. The first-order valence-corrected chi connectivity index (χ1v) is 6.83. The molecule has 0 aliphatic carbocycles. The SMILES string of the molecule is O=C[O-].c1ccc([I+]c2ccccc2)cc1. The predicted octanol–water partition coefficient (Wildman–Crippen LogP) is -1.82. The van der Waals surface area contributed by atoms with E-state index >= 15 is 0 Å². The van der Waals surface area contributed by atoms with E-state index in [1.165, 1.54) is 7.14 Å². The second kappa shape index (κ2) is 7.87. The highest BCUT2D eigenvalue weighted by Crippen LogP contribution is 1.85. The molecular weight excluding hydrogens is 315 g/mol. The van der Waals surface area contributed by atoms with Crippen LogP contribution in [0.15, 0.2) is 60.7 Å². The first kappa shape index (κ1) is 12.7. The monoisotopic (exact) mass is 326 g/mol. The number of hydrogen-bond acceptors (Lipinski definition) is 2. The molecule has 0 aromatic heterocycles. The summed E-state index contributed by atoms with van der Waals surface area (Å²) in [6.07, 6.45) is 0.